The molecule has 2 rings (SSSR count). The molecule has 1 aromatic carbocycles. The largest absolute Gasteiger partial charge is 0.384 e. The van der Waals surface area contributed by atoms with E-state index in [-0.39, 0.29) is 5.91 Å². The lowest BCUT2D eigenvalue weighted by Gasteiger charge is -2.07. The lowest BCUT2D eigenvalue weighted by Crippen LogP contribution is -2.23. The molecule has 0 aliphatic carbocycles. The predicted molar refractivity (Wildman–Crippen MR) is 74.7 cm³/mol. The van der Waals surface area contributed by atoms with Crippen molar-refractivity contribution in [2.24, 2.45) is 7.05 Å². The third-order valence-electron chi connectivity index (χ3n) is 3.27. The third kappa shape index (κ3) is 2.76. The van der Waals surface area contributed by atoms with Crippen molar-refractivity contribution >= 4 is 11.7 Å². The van der Waals surface area contributed by atoms with E-state index < -0.39 is 0 Å². The zero-order valence-corrected chi connectivity index (χ0v) is 11.4. The molecule has 0 saturated carbocycles. The van der Waals surface area contributed by atoms with Crippen LogP contribution in [-0.2, 0) is 13.6 Å². The van der Waals surface area contributed by atoms with E-state index in [2.05, 4.69) is 10.4 Å². The van der Waals surface area contributed by atoms with Gasteiger partial charge < -0.3 is 11.1 Å². The summed E-state index contributed by atoms with van der Waals surface area (Å²) < 4.78 is 1.58. The van der Waals surface area contributed by atoms with Crippen LogP contribution in [0.3, 0.4) is 0 Å². The number of carbonyl (C=O) groups excluding carboxylic acids is 1. The maximum atomic E-state index is 12.0. The zero-order chi connectivity index (χ0) is 14.0. The van der Waals surface area contributed by atoms with Crippen molar-refractivity contribution in [2.45, 2.75) is 20.4 Å². The smallest absolute Gasteiger partial charge is 0.251 e. The summed E-state index contributed by atoms with van der Waals surface area (Å²) in [5, 5.41) is 6.88. The molecule has 0 fully saturated rings. The van der Waals surface area contributed by atoms with E-state index in [0.29, 0.717) is 17.9 Å². The highest BCUT2D eigenvalue weighted by Crippen LogP contribution is 2.11. The molecule has 0 aliphatic rings. The first-order valence-electron chi connectivity index (χ1n) is 6.11. The molecule has 0 aliphatic heterocycles. The van der Waals surface area contributed by atoms with Gasteiger partial charge in [0.1, 0.15) is 5.82 Å². The number of aromatic nitrogens is 2. The van der Waals surface area contributed by atoms with Gasteiger partial charge in [-0.15, -0.1) is 0 Å². The van der Waals surface area contributed by atoms with Gasteiger partial charge in [0, 0.05) is 24.7 Å². The maximum Gasteiger partial charge on any atom is 0.251 e. The molecule has 1 heterocycles. The Morgan fingerprint density at radius 3 is 2.68 bits per heavy atom. The summed E-state index contributed by atoms with van der Waals surface area (Å²) in [6.07, 6.45) is 1.66. The Morgan fingerprint density at radius 2 is 2.11 bits per heavy atom. The molecule has 2 aromatic rings. The number of nitrogens with zero attached hydrogens (tertiary/aromatic N) is 2. The van der Waals surface area contributed by atoms with Crippen molar-refractivity contribution < 1.29 is 4.79 Å². The molecule has 5 nitrogen and oxygen atoms in total. The van der Waals surface area contributed by atoms with E-state index in [4.69, 9.17) is 5.73 Å². The van der Waals surface area contributed by atoms with Crippen LogP contribution in [0.1, 0.15) is 27.0 Å². The van der Waals surface area contributed by atoms with Gasteiger partial charge in [0.15, 0.2) is 0 Å². The second-order valence-corrected chi connectivity index (χ2v) is 4.66. The lowest BCUT2D eigenvalue weighted by atomic mass is 10.1. The summed E-state index contributed by atoms with van der Waals surface area (Å²) in [6.45, 7) is 4.39. The summed E-state index contributed by atoms with van der Waals surface area (Å²) in [7, 11) is 1.77. The predicted octanol–water partition coefficient (Wildman–Crippen LogP) is 1.55. The van der Waals surface area contributed by atoms with Gasteiger partial charge in [0.2, 0.25) is 0 Å². The number of amides is 1. The summed E-state index contributed by atoms with van der Waals surface area (Å²) >= 11 is 0. The summed E-state index contributed by atoms with van der Waals surface area (Å²) in [6, 6.07) is 5.66. The van der Waals surface area contributed by atoms with Crippen molar-refractivity contribution in [2.75, 3.05) is 5.73 Å². The SMILES string of the molecule is Cc1ccc(C(=O)NCc2cnn(C)c2N)cc1C. The van der Waals surface area contributed by atoms with E-state index in [1.807, 2.05) is 32.0 Å². The number of benzene rings is 1. The van der Waals surface area contributed by atoms with Gasteiger partial charge in [-0.3, -0.25) is 9.48 Å². The van der Waals surface area contributed by atoms with Gasteiger partial charge in [-0.05, 0) is 37.1 Å². The number of carbonyl (C=O) groups is 1. The van der Waals surface area contributed by atoms with E-state index in [0.717, 1.165) is 11.1 Å². The maximum absolute atomic E-state index is 12.0. The number of hydrogen-bond donors (Lipinski definition) is 2. The molecule has 0 radical (unpaired) electrons. The first-order chi connectivity index (χ1) is 8.99. The monoisotopic (exact) mass is 258 g/mol. The van der Waals surface area contributed by atoms with E-state index in [1.165, 1.54) is 5.56 Å². The Hall–Kier alpha value is -2.30. The Bertz CT molecular complexity index is 616. The van der Waals surface area contributed by atoms with Crippen molar-refractivity contribution in [1.29, 1.82) is 0 Å². The Kier molecular flexibility index (Phi) is 3.55. The van der Waals surface area contributed by atoms with Gasteiger partial charge in [-0.25, -0.2) is 0 Å². The first kappa shape index (κ1) is 13.1. The van der Waals surface area contributed by atoms with Crippen molar-refractivity contribution in [3.63, 3.8) is 0 Å². The van der Waals surface area contributed by atoms with Crippen LogP contribution < -0.4 is 11.1 Å². The molecule has 1 amide bonds. The van der Waals surface area contributed by atoms with E-state index in [9.17, 15) is 4.79 Å². The van der Waals surface area contributed by atoms with Crippen LogP contribution in [0.15, 0.2) is 24.4 Å². The molecular weight excluding hydrogens is 240 g/mol. The van der Waals surface area contributed by atoms with E-state index in [1.54, 1.807) is 17.9 Å². The van der Waals surface area contributed by atoms with Gasteiger partial charge in [-0.2, -0.15) is 5.10 Å². The Balaban J connectivity index is 2.05. The molecule has 5 heteroatoms. The first-order valence-corrected chi connectivity index (χ1v) is 6.11. The minimum atomic E-state index is -0.105. The normalized spacial score (nSPS) is 10.5. The third-order valence-corrected chi connectivity index (χ3v) is 3.27. The van der Waals surface area contributed by atoms with Gasteiger partial charge in [0.25, 0.3) is 5.91 Å². The van der Waals surface area contributed by atoms with E-state index >= 15 is 0 Å². The number of hydrogen-bond acceptors (Lipinski definition) is 3. The molecule has 0 atom stereocenters. The van der Waals surface area contributed by atoms with Crippen LogP contribution in [0.25, 0.3) is 0 Å². The van der Waals surface area contributed by atoms with Crippen molar-refractivity contribution in [1.82, 2.24) is 15.1 Å². The van der Waals surface area contributed by atoms with Crippen LogP contribution in [-0.4, -0.2) is 15.7 Å². The lowest BCUT2D eigenvalue weighted by molar-refractivity contribution is 0.0951. The average Bonchev–Trinajstić information content (AvgIpc) is 2.70. The fourth-order valence-corrected chi connectivity index (χ4v) is 1.79. The molecule has 1 aromatic heterocycles. The summed E-state index contributed by atoms with van der Waals surface area (Å²) in [4.78, 5) is 12.0. The molecule has 0 saturated heterocycles. The zero-order valence-electron chi connectivity index (χ0n) is 11.4. The summed E-state index contributed by atoms with van der Waals surface area (Å²) in [5.74, 6) is 0.465. The highest BCUT2D eigenvalue weighted by Gasteiger charge is 2.09. The number of aryl methyl sites for hydroxylation is 3. The number of anilines is 1. The van der Waals surface area contributed by atoms with Crippen LogP contribution in [0, 0.1) is 13.8 Å². The molecule has 3 N–H and O–H groups in total. The van der Waals surface area contributed by atoms with Crippen LogP contribution in [0.4, 0.5) is 5.82 Å². The average molecular weight is 258 g/mol. The van der Waals surface area contributed by atoms with Crippen LogP contribution in [0.2, 0.25) is 0 Å². The quantitative estimate of drug-likeness (QED) is 0.877. The number of rotatable bonds is 3. The van der Waals surface area contributed by atoms with Gasteiger partial charge >= 0.3 is 0 Å². The number of nitrogens with one attached hydrogen (secondary N) is 1. The van der Waals surface area contributed by atoms with Crippen LogP contribution in [0.5, 0.6) is 0 Å². The highest BCUT2D eigenvalue weighted by molar-refractivity contribution is 5.94. The van der Waals surface area contributed by atoms with Crippen molar-refractivity contribution in [3.8, 4) is 0 Å². The fourth-order valence-electron chi connectivity index (χ4n) is 1.79. The second-order valence-electron chi connectivity index (χ2n) is 4.66. The van der Waals surface area contributed by atoms with Gasteiger partial charge in [0.05, 0.1) is 6.20 Å². The molecule has 19 heavy (non-hydrogen) atoms. The van der Waals surface area contributed by atoms with Gasteiger partial charge in [-0.1, -0.05) is 6.07 Å². The van der Waals surface area contributed by atoms with Crippen LogP contribution >= 0.6 is 0 Å². The minimum absolute atomic E-state index is 0.105. The highest BCUT2D eigenvalue weighted by atomic mass is 16.1. The Morgan fingerprint density at radius 1 is 1.37 bits per heavy atom. The minimum Gasteiger partial charge on any atom is -0.384 e. The summed E-state index contributed by atoms with van der Waals surface area (Å²) in [5.41, 5.74) is 9.58. The molecule has 0 bridgehead atoms. The Labute approximate surface area is 112 Å². The number of nitrogen functional groups attached to an aromatic ring is 1. The molecule has 0 spiro atoms. The molecule has 0 unspecified atom stereocenters. The molecular formula is C14H18N4O. The molecule has 100 valence electrons. The topological polar surface area (TPSA) is 72.9 Å². The second kappa shape index (κ2) is 5.14. The van der Waals surface area contributed by atoms with Crippen molar-refractivity contribution in [3.05, 3.63) is 46.6 Å². The fraction of sp³-hybridized carbons (Fsp3) is 0.286. The standard InChI is InChI=1S/C14H18N4O/c1-9-4-5-11(6-10(9)2)14(19)16-7-12-8-17-18(3)13(12)15/h4-6,8H,7,15H2,1-3H3,(H,16,19). The number of nitrogens with two attached hydrogens (primary N) is 1.